The standard InChI is InChI=1S/C10H13N3O.C7H10N2O/c1-4-13-7(3)8(5-11)6(2)9(12)10(13)14;1-10-5-2-3-6(8)7(9)4-5/h14H,3-4,12H2,1-2H3;2-4H,8-9H2,1H3. The van der Waals surface area contributed by atoms with Gasteiger partial charge in [-0.15, -0.1) is 0 Å². The molecule has 0 fully saturated rings. The summed E-state index contributed by atoms with van der Waals surface area (Å²) in [5.41, 5.74) is 19.5. The summed E-state index contributed by atoms with van der Waals surface area (Å²) in [6.07, 6.45) is 0. The van der Waals surface area contributed by atoms with E-state index in [1.54, 1.807) is 32.2 Å². The SMILES string of the molecule is C=C1C(C#N)=C(C)C(N)=C(O)N1CC.COc1ccc(N)c(N)c1. The van der Waals surface area contributed by atoms with Gasteiger partial charge in [-0.1, -0.05) is 6.58 Å². The van der Waals surface area contributed by atoms with Crippen molar-refractivity contribution in [1.82, 2.24) is 4.90 Å². The molecule has 0 radical (unpaired) electrons. The number of nitrogen functional groups attached to an aromatic ring is 2. The van der Waals surface area contributed by atoms with Crippen molar-refractivity contribution in [3.05, 3.63) is 53.2 Å². The third kappa shape index (κ3) is 3.73. The number of methoxy groups -OCH3 is 1. The summed E-state index contributed by atoms with van der Waals surface area (Å²) in [6, 6.07) is 7.21. The van der Waals surface area contributed by atoms with Crippen molar-refractivity contribution in [2.75, 3.05) is 25.1 Å². The quantitative estimate of drug-likeness (QED) is 0.611. The Labute approximate surface area is 141 Å². The Morgan fingerprint density at radius 2 is 1.92 bits per heavy atom. The van der Waals surface area contributed by atoms with Gasteiger partial charge >= 0.3 is 0 Å². The van der Waals surface area contributed by atoms with Gasteiger partial charge in [-0.05, 0) is 31.6 Å². The summed E-state index contributed by atoms with van der Waals surface area (Å²) >= 11 is 0. The molecule has 0 unspecified atom stereocenters. The normalized spacial score (nSPS) is 14.1. The Hall–Kier alpha value is -3.27. The number of likely N-dealkylation sites (N-methyl/N-ethyl adjacent to an activating group) is 1. The minimum atomic E-state index is -0.0194. The van der Waals surface area contributed by atoms with Crippen LogP contribution < -0.4 is 21.9 Å². The van der Waals surface area contributed by atoms with Gasteiger partial charge in [0.1, 0.15) is 11.8 Å². The molecule has 1 aliphatic rings. The largest absolute Gasteiger partial charge is 0.497 e. The maximum absolute atomic E-state index is 9.67. The number of hydrogen-bond donors (Lipinski definition) is 4. The van der Waals surface area contributed by atoms with Crippen molar-refractivity contribution in [3.63, 3.8) is 0 Å². The number of benzene rings is 1. The molecular formula is C17H23N5O2. The summed E-state index contributed by atoms with van der Waals surface area (Å²) in [5, 5.41) is 18.6. The molecule has 0 atom stereocenters. The number of hydrogen-bond acceptors (Lipinski definition) is 7. The van der Waals surface area contributed by atoms with E-state index in [-0.39, 0.29) is 11.6 Å². The highest BCUT2D eigenvalue weighted by atomic mass is 16.5. The molecule has 0 bridgehead atoms. The highest BCUT2D eigenvalue weighted by molar-refractivity contribution is 5.65. The molecule has 0 spiro atoms. The lowest BCUT2D eigenvalue weighted by molar-refractivity contribution is 0.241. The number of aliphatic hydroxyl groups is 1. The molecule has 0 saturated carbocycles. The van der Waals surface area contributed by atoms with Crippen LogP contribution in [0.5, 0.6) is 5.75 Å². The first-order chi connectivity index (χ1) is 11.3. The van der Waals surface area contributed by atoms with Crippen molar-refractivity contribution in [2.24, 2.45) is 5.73 Å². The van der Waals surface area contributed by atoms with Crippen molar-refractivity contribution in [1.29, 1.82) is 5.26 Å². The second-order valence-electron chi connectivity index (χ2n) is 5.03. The summed E-state index contributed by atoms with van der Waals surface area (Å²) in [6.45, 7) is 7.83. The molecule has 1 aromatic carbocycles. The van der Waals surface area contributed by atoms with Crippen LogP contribution in [0.4, 0.5) is 11.4 Å². The molecule has 0 aliphatic carbocycles. The first-order valence-electron chi connectivity index (χ1n) is 7.24. The van der Waals surface area contributed by atoms with E-state index in [1.807, 2.05) is 13.0 Å². The zero-order valence-electron chi connectivity index (χ0n) is 14.1. The van der Waals surface area contributed by atoms with Crippen LogP contribution in [0, 0.1) is 11.3 Å². The molecule has 7 nitrogen and oxygen atoms in total. The topological polar surface area (TPSA) is 135 Å². The lowest BCUT2D eigenvalue weighted by Crippen LogP contribution is -2.30. The van der Waals surface area contributed by atoms with Crippen LogP contribution in [0.2, 0.25) is 0 Å². The van der Waals surface area contributed by atoms with Gasteiger partial charge in [0, 0.05) is 12.6 Å². The minimum absolute atomic E-state index is 0.0194. The minimum Gasteiger partial charge on any atom is -0.497 e. The Morgan fingerprint density at radius 3 is 2.38 bits per heavy atom. The summed E-state index contributed by atoms with van der Waals surface area (Å²) < 4.78 is 4.91. The Kier molecular flexibility index (Phi) is 6.13. The Balaban J connectivity index is 0.000000254. The molecule has 7 N–H and O–H groups in total. The van der Waals surface area contributed by atoms with Crippen molar-refractivity contribution >= 4 is 11.4 Å². The van der Waals surface area contributed by atoms with Crippen LogP contribution in [0.25, 0.3) is 0 Å². The fourth-order valence-electron chi connectivity index (χ4n) is 2.10. The number of nitriles is 1. The molecule has 0 saturated heterocycles. The number of nitrogens with zero attached hydrogens (tertiary/aromatic N) is 2. The van der Waals surface area contributed by atoms with Gasteiger partial charge in [0.25, 0.3) is 0 Å². The molecule has 1 aliphatic heterocycles. The lowest BCUT2D eigenvalue weighted by atomic mass is 10.0. The lowest BCUT2D eigenvalue weighted by Gasteiger charge is -2.29. The van der Waals surface area contributed by atoms with Gasteiger partial charge in [-0.3, -0.25) is 0 Å². The van der Waals surface area contributed by atoms with Crippen LogP contribution in [0.1, 0.15) is 13.8 Å². The van der Waals surface area contributed by atoms with Gasteiger partial charge in [0.15, 0.2) is 0 Å². The Morgan fingerprint density at radius 1 is 1.29 bits per heavy atom. The fraction of sp³-hybridized carbons (Fsp3) is 0.235. The van der Waals surface area contributed by atoms with E-state index in [1.165, 1.54) is 4.90 Å². The summed E-state index contributed by atoms with van der Waals surface area (Å²) in [5.74, 6) is 0.709. The third-order valence-corrected chi connectivity index (χ3v) is 3.61. The summed E-state index contributed by atoms with van der Waals surface area (Å²) in [4.78, 5) is 1.51. The van der Waals surface area contributed by atoms with Crippen LogP contribution in [-0.2, 0) is 0 Å². The number of nitrogens with two attached hydrogens (primary N) is 3. The number of anilines is 2. The zero-order valence-corrected chi connectivity index (χ0v) is 14.1. The molecular weight excluding hydrogens is 306 g/mol. The molecule has 2 rings (SSSR count). The average molecular weight is 329 g/mol. The van der Waals surface area contributed by atoms with Crippen LogP contribution in [0.3, 0.4) is 0 Å². The van der Waals surface area contributed by atoms with E-state index in [9.17, 15) is 5.11 Å². The van der Waals surface area contributed by atoms with Gasteiger partial charge in [-0.25, -0.2) is 0 Å². The first-order valence-corrected chi connectivity index (χ1v) is 7.24. The number of ether oxygens (including phenoxy) is 1. The zero-order chi connectivity index (χ0) is 18.4. The van der Waals surface area contributed by atoms with Crippen LogP contribution in [-0.4, -0.2) is 23.7 Å². The van der Waals surface area contributed by atoms with Crippen molar-refractivity contribution in [2.45, 2.75) is 13.8 Å². The predicted molar refractivity (Wildman–Crippen MR) is 95.5 cm³/mol. The molecule has 1 heterocycles. The third-order valence-electron chi connectivity index (χ3n) is 3.61. The highest BCUT2D eigenvalue weighted by Gasteiger charge is 2.25. The van der Waals surface area contributed by atoms with E-state index >= 15 is 0 Å². The highest BCUT2D eigenvalue weighted by Crippen LogP contribution is 2.29. The van der Waals surface area contributed by atoms with Gasteiger partial charge in [-0.2, -0.15) is 5.26 Å². The monoisotopic (exact) mass is 329 g/mol. The van der Waals surface area contributed by atoms with Crippen LogP contribution in [0.15, 0.2) is 53.2 Å². The second-order valence-corrected chi connectivity index (χ2v) is 5.03. The first kappa shape index (κ1) is 18.8. The molecule has 0 aromatic heterocycles. The van der Waals surface area contributed by atoms with Gasteiger partial charge < -0.3 is 31.9 Å². The second kappa shape index (κ2) is 7.83. The molecule has 7 heteroatoms. The van der Waals surface area contributed by atoms with Crippen molar-refractivity contribution < 1.29 is 9.84 Å². The number of allylic oxidation sites excluding steroid dienone is 2. The maximum Gasteiger partial charge on any atom is 0.215 e. The van der Waals surface area contributed by atoms with E-state index in [2.05, 4.69) is 6.58 Å². The maximum atomic E-state index is 9.67. The van der Waals surface area contributed by atoms with E-state index in [0.717, 1.165) is 5.75 Å². The van der Waals surface area contributed by atoms with E-state index in [4.69, 9.17) is 27.2 Å². The van der Waals surface area contributed by atoms with Gasteiger partial charge in [0.2, 0.25) is 5.88 Å². The average Bonchev–Trinajstić information content (AvgIpc) is 2.57. The molecule has 24 heavy (non-hydrogen) atoms. The smallest absolute Gasteiger partial charge is 0.215 e. The van der Waals surface area contributed by atoms with E-state index in [0.29, 0.717) is 34.8 Å². The van der Waals surface area contributed by atoms with E-state index < -0.39 is 0 Å². The van der Waals surface area contributed by atoms with Gasteiger partial charge in [0.05, 0.1) is 35.5 Å². The molecule has 128 valence electrons. The number of rotatable bonds is 2. The summed E-state index contributed by atoms with van der Waals surface area (Å²) in [7, 11) is 1.59. The predicted octanol–water partition coefficient (Wildman–Crippen LogP) is 2.22. The van der Waals surface area contributed by atoms with Crippen LogP contribution >= 0.6 is 0 Å². The number of aliphatic hydroxyl groups excluding tert-OH is 1. The molecule has 0 amide bonds. The molecule has 1 aromatic rings. The fourth-order valence-corrected chi connectivity index (χ4v) is 2.10. The Bertz CT molecular complexity index is 744. The van der Waals surface area contributed by atoms with Crippen molar-refractivity contribution in [3.8, 4) is 11.8 Å².